The quantitative estimate of drug-likeness (QED) is 0.746. The number of halogens is 1. The zero-order valence-corrected chi connectivity index (χ0v) is 11.8. The Morgan fingerprint density at radius 3 is 2.67 bits per heavy atom. The van der Waals surface area contributed by atoms with Crippen LogP contribution >= 0.6 is 0 Å². The molecule has 0 aliphatic heterocycles. The molecular weight excluding hydrogens is 265 g/mol. The molecule has 21 heavy (non-hydrogen) atoms. The molecule has 0 radical (unpaired) electrons. The molecule has 0 amide bonds. The molecule has 1 aromatic heterocycles. The molecule has 0 bridgehead atoms. The van der Waals surface area contributed by atoms with Crippen molar-refractivity contribution >= 4 is 22.3 Å². The first kappa shape index (κ1) is 13.4. The summed E-state index contributed by atoms with van der Waals surface area (Å²) in [5.74, 6) is -0.350. The summed E-state index contributed by atoms with van der Waals surface area (Å²) in [4.78, 5) is 6.16. The molecule has 3 nitrogen and oxygen atoms in total. The van der Waals surface area contributed by atoms with E-state index in [1.165, 1.54) is 6.07 Å². The Morgan fingerprint density at radius 2 is 1.90 bits per heavy atom. The van der Waals surface area contributed by atoms with Gasteiger partial charge in [0, 0.05) is 30.9 Å². The van der Waals surface area contributed by atoms with Gasteiger partial charge < -0.3 is 10.6 Å². The number of anilines is 2. The summed E-state index contributed by atoms with van der Waals surface area (Å²) in [7, 11) is 1.86. The van der Waals surface area contributed by atoms with Gasteiger partial charge >= 0.3 is 0 Å². The number of benzene rings is 2. The van der Waals surface area contributed by atoms with E-state index in [1.54, 1.807) is 12.3 Å². The molecular formula is C17H16FN3. The highest BCUT2D eigenvalue weighted by molar-refractivity contribution is 5.98. The Balaban J connectivity index is 2.07. The Kier molecular flexibility index (Phi) is 3.44. The molecule has 0 saturated heterocycles. The molecule has 106 valence electrons. The molecule has 0 saturated carbocycles. The minimum Gasteiger partial charge on any atom is -0.398 e. The smallest absolute Gasteiger partial charge is 0.150 e. The lowest BCUT2D eigenvalue weighted by atomic mass is 10.1. The molecule has 3 aromatic rings. The third-order valence-electron chi connectivity index (χ3n) is 3.50. The van der Waals surface area contributed by atoms with Gasteiger partial charge in [-0.1, -0.05) is 30.3 Å². The van der Waals surface area contributed by atoms with Crippen LogP contribution < -0.4 is 10.6 Å². The minimum absolute atomic E-state index is 0.350. The van der Waals surface area contributed by atoms with Crippen molar-refractivity contribution in [3.63, 3.8) is 0 Å². The first-order valence-corrected chi connectivity index (χ1v) is 6.74. The second kappa shape index (κ2) is 5.40. The van der Waals surface area contributed by atoms with Crippen LogP contribution in [-0.4, -0.2) is 12.0 Å². The van der Waals surface area contributed by atoms with Crippen LogP contribution in [0.5, 0.6) is 0 Å². The lowest BCUT2D eigenvalue weighted by molar-refractivity contribution is 0.624. The van der Waals surface area contributed by atoms with Gasteiger partial charge in [0.1, 0.15) is 0 Å². The van der Waals surface area contributed by atoms with Gasteiger partial charge in [0.15, 0.2) is 5.82 Å². The van der Waals surface area contributed by atoms with Crippen LogP contribution in [0.25, 0.3) is 10.9 Å². The molecule has 0 unspecified atom stereocenters. The predicted molar refractivity (Wildman–Crippen MR) is 84.7 cm³/mol. The summed E-state index contributed by atoms with van der Waals surface area (Å²) in [5.41, 5.74) is 8.47. The van der Waals surface area contributed by atoms with Gasteiger partial charge in [-0.25, -0.2) is 4.39 Å². The van der Waals surface area contributed by atoms with Crippen molar-refractivity contribution in [1.82, 2.24) is 4.98 Å². The van der Waals surface area contributed by atoms with E-state index in [-0.39, 0.29) is 5.82 Å². The van der Waals surface area contributed by atoms with Crippen LogP contribution in [0.15, 0.2) is 54.7 Å². The maximum absolute atomic E-state index is 14.4. The van der Waals surface area contributed by atoms with Crippen LogP contribution in [0, 0.1) is 5.82 Å². The third kappa shape index (κ3) is 2.52. The summed E-state index contributed by atoms with van der Waals surface area (Å²) in [5, 5.41) is 0.772. The average Bonchev–Trinajstić information content (AvgIpc) is 2.48. The average molecular weight is 281 g/mol. The topological polar surface area (TPSA) is 42.1 Å². The number of pyridine rings is 1. The number of rotatable bonds is 3. The van der Waals surface area contributed by atoms with Crippen molar-refractivity contribution in [3.8, 4) is 0 Å². The van der Waals surface area contributed by atoms with E-state index in [4.69, 9.17) is 5.73 Å². The summed E-state index contributed by atoms with van der Waals surface area (Å²) in [6.07, 6.45) is 1.65. The van der Waals surface area contributed by atoms with E-state index in [9.17, 15) is 4.39 Å². The van der Waals surface area contributed by atoms with Gasteiger partial charge in [0.05, 0.1) is 11.2 Å². The lowest BCUT2D eigenvalue weighted by Crippen LogP contribution is -2.18. The highest BCUT2D eigenvalue weighted by Crippen LogP contribution is 2.32. The number of aromatic nitrogens is 1. The van der Waals surface area contributed by atoms with E-state index in [1.807, 2.05) is 48.3 Å². The normalized spacial score (nSPS) is 10.8. The first-order chi connectivity index (χ1) is 10.2. The largest absolute Gasteiger partial charge is 0.398 e. The summed E-state index contributed by atoms with van der Waals surface area (Å²) in [6.45, 7) is 0.605. The number of nitrogens with two attached hydrogens (primary N) is 1. The van der Waals surface area contributed by atoms with E-state index < -0.39 is 0 Å². The van der Waals surface area contributed by atoms with Crippen molar-refractivity contribution in [3.05, 3.63) is 66.1 Å². The van der Waals surface area contributed by atoms with Gasteiger partial charge in [-0.15, -0.1) is 0 Å². The fraction of sp³-hybridized carbons (Fsp3) is 0.118. The SMILES string of the molecule is CN(Cc1ccccc1)c1c(F)cc(N)c2cccnc12. The molecule has 2 aromatic carbocycles. The zero-order valence-electron chi connectivity index (χ0n) is 11.8. The Labute approximate surface area is 122 Å². The third-order valence-corrected chi connectivity index (χ3v) is 3.50. The molecule has 3 rings (SSSR count). The molecule has 0 atom stereocenters. The van der Waals surface area contributed by atoms with Crippen molar-refractivity contribution in [2.75, 3.05) is 17.7 Å². The minimum atomic E-state index is -0.350. The predicted octanol–water partition coefficient (Wildman–Crippen LogP) is 3.59. The molecule has 0 aliphatic carbocycles. The number of fused-ring (bicyclic) bond motifs is 1. The standard InChI is InChI=1S/C17H16FN3/c1-21(11-12-6-3-2-4-7-12)17-14(18)10-15(19)13-8-5-9-20-16(13)17/h2-10H,11,19H2,1H3. The summed E-state index contributed by atoms with van der Waals surface area (Å²) < 4.78 is 14.4. The fourth-order valence-corrected chi connectivity index (χ4v) is 2.52. The second-order valence-electron chi connectivity index (χ2n) is 5.04. The van der Waals surface area contributed by atoms with Crippen LogP contribution in [0.2, 0.25) is 0 Å². The van der Waals surface area contributed by atoms with Crippen LogP contribution in [-0.2, 0) is 6.54 Å². The molecule has 2 N–H and O–H groups in total. The van der Waals surface area contributed by atoms with Gasteiger partial charge in [-0.3, -0.25) is 4.98 Å². The maximum atomic E-state index is 14.4. The molecule has 0 aliphatic rings. The van der Waals surface area contributed by atoms with Gasteiger partial charge in [0.25, 0.3) is 0 Å². The van der Waals surface area contributed by atoms with Crippen LogP contribution in [0.3, 0.4) is 0 Å². The zero-order chi connectivity index (χ0) is 14.8. The fourth-order valence-electron chi connectivity index (χ4n) is 2.52. The first-order valence-electron chi connectivity index (χ1n) is 6.74. The van der Waals surface area contributed by atoms with Crippen molar-refractivity contribution in [1.29, 1.82) is 0 Å². The van der Waals surface area contributed by atoms with Crippen molar-refractivity contribution in [2.45, 2.75) is 6.54 Å². The molecule has 0 fully saturated rings. The van der Waals surface area contributed by atoms with E-state index in [0.717, 1.165) is 10.9 Å². The summed E-state index contributed by atoms with van der Waals surface area (Å²) >= 11 is 0. The number of nitrogens with zero attached hydrogens (tertiary/aromatic N) is 2. The molecule has 1 heterocycles. The highest BCUT2D eigenvalue weighted by atomic mass is 19.1. The summed E-state index contributed by atoms with van der Waals surface area (Å²) in [6, 6.07) is 15.0. The van der Waals surface area contributed by atoms with E-state index >= 15 is 0 Å². The van der Waals surface area contributed by atoms with Gasteiger partial charge in [0.2, 0.25) is 0 Å². The number of nitrogen functional groups attached to an aromatic ring is 1. The monoisotopic (exact) mass is 281 g/mol. The maximum Gasteiger partial charge on any atom is 0.150 e. The van der Waals surface area contributed by atoms with E-state index in [0.29, 0.717) is 23.4 Å². The van der Waals surface area contributed by atoms with Crippen LogP contribution in [0.1, 0.15) is 5.56 Å². The van der Waals surface area contributed by atoms with Gasteiger partial charge in [-0.2, -0.15) is 0 Å². The van der Waals surface area contributed by atoms with Crippen molar-refractivity contribution in [2.24, 2.45) is 0 Å². The lowest BCUT2D eigenvalue weighted by Gasteiger charge is -2.22. The number of hydrogen-bond acceptors (Lipinski definition) is 3. The Hall–Kier alpha value is -2.62. The Morgan fingerprint density at radius 1 is 1.14 bits per heavy atom. The van der Waals surface area contributed by atoms with Gasteiger partial charge in [-0.05, 0) is 23.8 Å². The van der Waals surface area contributed by atoms with Crippen molar-refractivity contribution < 1.29 is 4.39 Å². The highest BCUT2D eigenvalue weighted by Gasteiger charge is 2.15. The molecule has 4 heteroatoms. The second-order valence-corrected chi connectivity index (χ2v) is 5.04. The number of hydrogen-bond donors (Lipinski definition) is 1. The van der Waals surface area contributed by atoms with Crippen LogP contribution in [0.4, 0.5) is 15.8 Å². The van der Waals surface area contributed by atoms with E-state index in [2.05, 4.69) is 4.98 Å². The Bertz CT molecular complexity index is 772. The molecule has 0 spiro atoms.